The molecule has 0 saturated heterocycles. The summed E-state index contributed by atoms with van der Waals surface area (Å²) in [4.78, 5) is 11.0. The number of hydrogen-bond acceptors (Lipinski definition) is 1. The molecule has 0 fully saturated rings. The second-order valence-corrected chi connectivity index (χ2v) is 2.48. The van der Waals surface area contributed by atoms with Gasteiger partial charge in [0.15, 0.2) is 5.78 Å². The maximum atomic E-state index is 11.0. The Hall–Kier alpha value is -1.11. The van der Waals surface area contributed by atoms with Crippen molar-refractivity contribution in [3.05, 3.63) is 36.5 Å². The van der Waals surface area contributed by atoms with Crippen molar-refractivity contribution in [2.24, 2.45) is 0 Å². The molecular formula is C11H16O. The smallest absolute Gasteiger partial charge is 0.178 e. The van der Waals surface area contributed by atoms with Gasteiger partial charge in [-0.15, -0.1) is 0 Å². The highest BCUT2D eigenvalue weighted by Crippen LogP contribution is 1.89. The SMILES string of the molecule is CC=CC=CC(=O)C=CCCC. The van der Waals surface area contributed by atoms with E-state index in [9.17, 15) is 4.79 Å². The summed E-state index contributed by atoms with van der Waals surface area (Å²) >= 11 is 0. The van der Waals surface area contributed by atoms with Crippen molar-refractivity contribution in [2.45, 2.75) is 26.7 Å². The van der Waals surface area contributed by atoms with Gasteiger partial charge in [0.1, 0.15) is 0 Å². The second kappa shape index (κ2) is 7.99. The molecule has 0 aromatic rings. The van der Waals surface area contributed by atoms with E-state index in [1.807, 2.05) is 25.2 Å². The molecule has 0 saturated carbocycles. The van der Waals surface area contributed by atoms with E-state index in [1.165, 1.54) is 0 Å². The van der Waals surface area contributed by atoms with Gasteiger partial charge in [-0.1, -0.05) is 37.6 Å². The van der Waals surface area contributed by atoms with Crippen LogP contribution in [0.1, 0.15) is 26.7 Å². The van der Waals surface area contributed by atoms with Crippen LogP contribution < -0.4 is 0 Å². The molecule has 12 heavy (non-hydrogen) atoms. The highest BCUT2D eigenvalue weighted by Gasteiger charge is 1.84. The maximum Gasteiger partial charge on any atom is 0.178 e. The van der Waals surface area contributed by atoms with E-state index in [1.54, 1.807) is 18.2 Å². The molecule has 1 heteroatoms. The van der Waals surface area contributed by atoms with Crippen LogP contribution in [0.5, 0.6) is 0 Å². The molecule has 0 spiro atoms. The van der Waals surface area contributed by atoms with Crippen LogP contribution in [0.2, 0.25) is 0 Å². The van der Waals surface area contributed by atoms with E-state index < -0.39 is 0 Å². The first kappa shape index (κ1) is 10.9. The van der Waals surface area contributed by atoms with Gasteiger partial charge in [-0.3, -0.25) is 4.79 Å². The summed E-state index contributed by atoms with van der Waals surface area (Å²) in [5, 5.41) is 0. The molecule has 0 amide bonds. The molecule has 0 aromatic heterocycles. The van der Waals surface area contributed by atoms with E-state index in [-0.39, 0.29) is 5.78 Å². The van der Waals surface area contributed by atoms with Gasteiger partial charge in [0.2, 0.25) is 0 Å². The van der Waals surface area contributed by atoms with Gasteiger partial charge in [0.25, 0.3) is 0 Å². The Bertz CT molecular complexity index is 197. The van der Waals surface area contributed by atoms with Crippen molar-refractivity contribution in [1.29, 1.82) is 0 Å². The second-order valence-electron chi connectivity index (χ2n) is 2.48. The Morgan fingerprint density at radius 1 is 1.25 bits per heavy atom. The Labute approximate surface area is 74.5 Å². The molecule has 0 N–H and O–H groups in total. The van der Waals surface area contributed by atoms with Crippen LogP contribution in [0.15, 0.2) is 36.5 Å². The summed E-state index contributed by atoms with van der Waals surface area (Å²) in [7, 11) is 0. The largest absolute Gasteiger partial charge is 0.290 e. The standard InChI is InChI=1S/C11H16O/c1-3-5-7-9-11(12)10-8-6-4-2/h3,5,7-10H,4,6H2,1-2H3. The van der Waals surface area contributed by atoms with E-state index in [2.05, 4.69) is 6.92 Å². The Morgan fingerprint density at radius 2 is 2.00 bits per heavy atom. The zero-order chi connectivity index (χ0) is 9.23. The molecule has 0 radical (unpaired) electrons. The van der Waals surface area contributed by atoms with Gasteiger partial charge >= 0.3 is 0 Å². The van der Waals surface area contributed by atoms with Gasteiger partial charge in [-0.05, 0) is 25.5 Å². The van der Waals surface area contributed by atoms with Gasteiger partial charge in [0, 0.05) is 0 Å². The zero-order valence-electron chi connectivity index (χ0n) is 7.79. The molecule has 0 heterocycles. The summed E-state index contributed by atoms with van der Waals surface area (Å²) in [5.41, 5.74) is 0. The number of carbonyl (C=O) groups is 1. The van der Waals surface area contributed by atoms with Crippen molar-refractivity contribution in [3.8, 4) is 0 Å². The summed E-state index contributed by atoms with van der Waals surface area (Å²) in [6, 6.07) is 0. The summed E-state index contributed by atoms with van der Waals surface area (Å²) in [6.07, 6.45) is 12.6. The monoisotopic (exact) mass is 164 g/mol. The third-order valence-corrected chi connectivity index (χ3v) is 1.30. The molecule has 0 aromatic carbocycles. The molecule has 0 rings (SSSR count). The predicted molar refractivity (Wildman–Crippen MR) is 53.0 cm³/mol. The summed E-state index contributed by atoms with van der Waals surface area (Å²) in [6.45, 7) is 4.01. The highest BCUT2D eigenvalue weighted by molar-refractivity contribution is 5.99. The van der Waals surface area contributed by atoms with Gasteiger partial charge in [-0.2, -0.15) is 0 Å². The van der Waals surface area contributed by atoms with E-state index in [4.69, 9.17) is 0 Å². The van der Waals surface area contributed by atoms with E-state index in [0.29, 0.717) is 0 Å². The van der Waals surface area contributed by atoms with Crippen molar-refractivity contribution >= 4 is 5.78 Å². The zero-order valence-corrected chi connectivity index (χ0v) is 7.79. The predicted octanol–water partition coefficient (Wildman–Crippen LogP) is 3.04. The minimum Gasteiger partial charge on any atom is -0.290 e. The number of hydrogen-bond donors (Lipinski definition) is 0. The average Bonchev–Trinajstić information content (AvgIpc) is 2.06. The molecule has 0 aliphatic carbocycles. The lowest BCUT2D eigenvalue weighted by Crippen LogP contribution is -1.83. The van der Waals surface area contributed by atoms with E-state index >= 15 is 0 Å². The lowest BCUT2D eigenvalue weighted by atomic mass is 10.2. The molecule has 0 unspecified atom stereocenters. The average molecular weight is 164 g/mol. The minimum absolute atomic E-state index is 0.0570. The van der Waals surface area contributed by atoms with Crippen LogP contribution in [-0.2, 0) is 4.79 Å². The maximum absolute atomic E-state index is 11.0. The van der Waals surface area contributed by atoms with E-state index in [0.717, 1.165) is 12.8 Å². The fourth-order valence-electron chi connectivity index (χ4n) is 0.683. The molecule has 0 aliphatic heterocycles. The fourth-order valence-corrected chi connectivity index (χ4v) is 0.683. The van der Waals surface area contributed by atoms with Gasteiger partial charge < -0.3 is 0 Å². The van der Waals surface area contributed by atoms with Crippen LogP contribution in [0.4, 0.5) is 0 Å². The molecule has 1 nitrogen and oxygen atoms in total. The van der Waals surface area contributed by atoms with Gasteiger partial charge in [0.05, 0.1) is 0 Å². The number of allylic oxidation sites excluding steroid dienone is 6. The van der Waals surface area contributed by atoms with Crippen molar-refractivity contribution in [1.82, 2.24) is 0 Å². The van der Waals surface area contributed by atoms with Crippen LogP contribution in [0.25, 0.3) is 0 Å². The minimum atomic E-state index is 0.0570. The molecule has 0 atom stereocenters. The summed E-state index contributed by atoms with van der Waals surface area (Å²) in [5.74, 6) is 0.0570. The number of ketones is 1. The quantitative estimate of drug-likeness (QED) is 0.451. The first-order valence-electron chi connectivity index (χ1n) is 4.31. The van der Waals surface area contributed by atoms with Crippen LogP contribution >= 0.6 is 0 Å². The fraction of sp³-hybridized carbons (Fsp3) is 0.364. The Morgan fingerprint density at radius 3 is 2.58 bits per heavy atom. The lowest BCUT2D eigenvalue weighted by molar-refractivity contribution is -0.110. The first-order valence-corrected chi connectivity index (χ1v) is 4.31. The number of rotatable bonds is 5. The Balaban J connectivity index is 3.73. The van der Waals surface area contributed by atoms with Crippen molar-refractivity contribution in [2.75, 3.05) is 0 Å². The molecule has 0 bridgehead atoms. The van der Waals surface area contributed by atoms with Gasteiger partial charge in [-0.25, -0.2) is 0 Å². The molecular weight excluding hydrogens is 148 g/mol. The Kier molecular flexibility index (Phi) is 7.25. The van der Waals surface area contributed by atoms with Crippen LogP contribution in [0, 0.1) is 0 Å². The summed E-state index contributed by atoms with van der Waals surface area (Å²) < 4.78 is 0. The third kappa shape index (κ3) is 7.00. The molecule has 0 aliphatic rings. The van der Waals surface area contributed by atoms with Crippen LogP contribution in [-0.4, -0.2) is 5.78 Å². The third-order valence-electron chi connectivity index (χ3n) is 1.30. The topological polar surface area (TPSA) is 17.1 Å². The highest BCUT2D eigenvalue weighted by atomic mass is 16.1. The van der Waals surface area contributed by atoms with Crippen molar-refractivity contribution < 1.29 is 4.79 Å². The number of carbonyl (C=O) groups excluding carboxylic acids is 1. The lowest BCUT2D eigenvalue weighted by Gasteiger charge is -1.82. The normalized spacial score (nSPS) is 12.2. The number of unbranched alkanes of at least 4 members (excludes halogenated alkanes) is 1. The first-order chi connectivity index (χ1) is 5.81. The molecule has 66 valence electrons. The van der Waals surface area contributed by atoms with Crippen molar-refractivity contribution in [3.63, 3.8) is 0 Å². The van der Waals surface area contributed by atoms with Crippen LogP contribution in [0.3, 0.4) is 0 Å².